The molecule has 0 saturated heterocycles. The van der Waals surface area contributed by atoms with Crippen LogP contribution in [0.2, 0.25) is 0 Å². The molecule has 2 rings (SSSR count). The van der Waals surface area contributed by atoms with Gasteiger partial charge in [-0.25, -0.2) is 9.59 Å². The molecule has 2 aromatic carbocycles. The van der Waals surface area contributed by atoms with Crippen LogP contribution >= 0.6 is 11.6 Å². The summed E-state index contributed by atoms with van der Waals surface area (Å²) in [6, 6.07) is 13.9. The standard InChI is InChI=1S/C14H18N2O3.C11H16N2O2.C3H3ClO.2CH4/c1-5-12(17)15-10-8-6-7-9-11(10)16-13(18)19-14(2,3)4;1-11(2,3)15-10(14)13-9-7-5-4-6-8(9)12;1-2-3(4)5;;/h5-9H,1H2,2-4H3,(H,15,17)(H,16,18);4-7H,12H2,1-3H3,(H,13,14);2H,1H2;2*1H4. The average Bonchev–Trinajstić information content (AvgIpc) is 2.80. The van der Waals surface area contributed by atoms with E-state index in [1.165, 1.54) is 0 Å². The molecule has 0 radical (unpaired) electrons. The summed E-state index contributed by atoms with van der Waals surface area (Å²) >= 11 is 4.71. The van der Waals surface area contributed by atoms with Crippen molar-refractivity contribution in [2.45, 2.75) is 67.6 Å². The molecule has 0 heterocycles. The smallest absolute Gasteiger partial charge is 0.412 e. The number of carbonyl (C=O) groups excluding carboxylic acids is 4. The molecule has 0 saturated carbocycles. The Balaban J connectivity index is -0.000000590. The van der Waals surface area contributed by atoms with Crippen LogP contribution in [0.25, 0.3) is 0 Å². The minimum absolute atomic E-state index is 0. The number of hydrogen-bond donors (Lipinski definition) is 4. The molecule has 0 unspecified atom stereocenters. The van der Waals surface area contributed by atoms with Crippen molar-refractivity contribution in [1.82, 2.24) is 0 Å². The lowest BCUT2D eigenvalue weighted by Gasteiger charge is -2.20. The third-order valence-corrected chi connectivity index (χ3v) is 3.92. The van der Waals surface area contributed by atoms with Crippen molar-refractivity contribution in [3.8, 4) is 0 Å². The third-order valence-electron chi connectivity index (χ3n) is 3.76. The molecule has 0 aliphatic rings. The van der Waals surface area contributed by atoms with Gasteiger partial charge in [-0.1, -0.05) is 52.3 Å². The number of nitrogens with one attached hydrogen (secondary N) is 3. The molecule has 0 aliphatic heterocycles. The van der Waals surface area contributed by atoms with Crippen molar-refractivity contribution in [2.75, 3.05) is 21.7 Å². The van der Waals surface area contributed by atoms with Crippen LogP contribution in [0.1, 0.15) is 56.4 Å². The second-order valence-corrected chi connectivity index (χ2v) is 9.96. The second-order valence-electron chi connectivity index (χ2n) is 9.59. The maximum absolute atomic E-state index is 11.7. The van der Waals surface area contributed by atoms with Gasteiger partial charge in [0.15, 0.2) is 0 Å². The number of halogens is 1. The largest absolute Gasteiger partial charge is 0.444 e. The Labute approximate surface area is 249 Å². The Bertz CT molecular complexity index is 1150. The van der Waals surface area contributed by atoms with E-state index in [4.69, 9.17) is 26.8 Å². The van der Waals surface area contributed by atoms with E-state index in [2.05, 4.69) is 29.1 Å². The van der Waals surface area contributed by atoms with Gasteiger partial charge in [0.25, 0.3) is 0 Å². The highest BCUT2D eigenvalue weighted by Gasteiger charge is 2.18. The maximum Gasteiger partial charge on any atom is 0.412 e. The van der Waals surface area contributed by atoms with Gasteiger partial charge in [0, 0.05) is 0 Å². The summed E-state index contributed by atoms with van der Waals surface area (Å²) in [5.41, 5.74) is 6.60. The number of hydrogen-bond acceptors (Lipinski definition) is 7. The summed E-state index contributed by atoms with van der Waals surface area (Å²) in [6.07, 6.45) is 1.12. The summed E-state index contributed by atoms with van der Waals surface area (Å²) in [6.45, 7) is 17.2. The van der Waals surface area contributed by atoms with Crippen molar-refractivity contribution in [3.05, 3.63) is 73.8 Å². The first-order chi connectivity index (χ1) is 18.0. The van der Waals surface area contributed by atoms with Gasteiger partial charge in [-0.15, -0.1) is 0 Å². The van der Waals surface area contributed by atoms with E-state index in [0.717, 1.165) is 12.2 Å². The number of benzene rings is 2. The summed E-state index contributed by atoms with van der Waals surface area (Å²) in [7, 11) is 0. The third kappa shape index (κ3) is 21.2. The van der Waals surface area contributed by atoms with E-state index in [-0.39, 0.29) is 20.8 Å². The number of rotatable bonds is 5. The zero-order valence-electron chi connectivity index (χ0n) is 23.1. The van der Waals surface area contributed by atoms with Crippen LogP contribution in [0.15, 0.2) is 73.8 Å². The molecular weight excluding hydrogens is 548 g/mol. The molecule has 10 nitrogen and oxygen atoms in total. The van der Waals surface area contributed by atoms with E-state index in [1.54, 1.807) is 90.1 Å². The fourth-order valence-corrected chi connectivity index (χ4v) is 2.32. The first-order valence-electron chi connectivity index (χ1n) is 11.7. The van der Waals surface area contributed by atoms with Gasteiger partial charge < -0.3 is 20.5 Å². The molecule has 11 heteroatoms. The minimum Gasteiger partial charge on any atom is -0.444 e. The van der Waals surface area contributed by atoms with Crippen molar-refractivity contribution >= 4 is 57.7 Å². The predicted molar refractivity (Wildman–Crippen MR) is 170 cm³/mol. The normalized spacial score (nSPS) is 9.63. The number of carbonyl (C=O) groups is 4. The van der Waals surface area contributed by atoms with E-state index in [1.807, 2.05) is 0 Å². The highest BCUT2D eigenvalue weighted by Crippen LogP contribution is 2.22. The van der Waals surface area contributed by atoms with Gasteiger partial charge in [0.1, 0.15) is 11.2 Å². The van der Waals surface area contributed by atoms with Crippen LogP contribution < -0.4 is 21.7 Å². The summed E-state index contributed by atoms with van der Waals surface area (Å²) in [5.74, 6) is -0.349. The first-order valence-corrected chi connectivity index (χ1v) is 12.0. The van der Waals surface area contributed by atoms with Gasteiger partial charge >= 0.3 is 12.2 Å². The lowest BCUT2D eigenvalue weighted by Crippen LogP contribution is -2.27. The van der Waals surface area contributed by atoms with Crippen molar-refractivity contribution in [1.29, 1.82) is 0 Å². The Hall–Kier alpha value is -4.31. The van der Waals surface area contributed by atoms with Crippen molar-refractivity contribution in [2.24, 2.45) is 0 Å². The molecule has 0 atom stereocenters. The topological polar surface area (TPSA) is 149 Å². The van der Waals surface area contributed by atoms with E-state index in [0.29, 0.717) is 22.7 Å². The van der Waals surface area contributed by atoms with Gasteiger partial charge in [0.05, 0.1) is 22.7 Å². The van der Waals surface area contributed by atoms with Crippen molar-refractivity contribution in [3.63, 3.8) is 0 Å². The number of nitrogens with two attached hydrogens (primary N) is 1. The number of anilines is 4. The average molecular weight is 593 g/mol. The van der Waals surface area contributed by atoms with Crippen LogP contribution in [-0.4, -0.2) is 34.5 Å². The second kappa shape index (κ2) is 19.7. The molecule has 228 valence electrons. The fraction of sp³-hybridized carbons (Fsp3) is 0.333. The summed E-state index contributed by atoms with van der Waals surface area (Å²) < 4.78 is 10.2. The lowest BCUT2D eigenvalue weighted by atomic mass is 10.2. The van der Waals surface area contributed by atoms with Gasteiger partial charge in [-0.2, -0.15) is 0 Å². The predicted octanol–water partition coefficient (Wildman–Crippen LogP) is 7.98. The zero-order chi connectivity index (χ0) is 30.2. The van der Waals surface area contributed by atoms with Gasteiger partial charge in [-0.05, 0) is 89.6 Å². The highest BCUT2D eigenvalue weighted by atomic mass is 35.5. The molecule has 0 spiro atoms. The number of amides is 3. The molecule has 0 aliphatic carbocycles. The molecule has 41 heavy (non-hydrogen) atoms. The Kier molecular flexibility index (Phi) is 19.8. The Morgan fingerprint density at radius 3 is 1.39 bits per heavy atom. The Morgan fingerprint density at radius 2 is 1.05 bits per heavy atom. The van der Waals surface area contributed by atoms with Crippen LogP contribution in [0.3, 0.4) is 0 Å². The summed E-state index contributed by atoms with van der Waals surface area (Å²) in [4.78, 5) is 43.8. The number of allylic oxidation sites excluding steroid dienone is 1. The molecule has 5 N–H and O–H groups in total. The fourth-order valence-electron chi connectivity index (χ4n) is 2.32. The molecule has 0 fully saturated rings. The van der Waals surface area contributed by atoms with Crippen LogP contribution in [0.4, 0.5) is 32.3 Å². The maximum atomic E-state index is 11.7. The van der Waals surface area contributed by atoms with Crippen LogP contribution in [0, 0.1) is 0 Å². The first kappa shape index (κ1) is 41.2. The quantitative estimate of drug-likeness (QED) is 0.156. The number of para-hydroxylation sites is 4. The molecule has 3 amide bonds. The summed E-state index contributed by atoms with van der Waals surface area (Å²) in [5, 5.41) is 7.26. The number of nitrogen functional groups attached to an aromatic ring is 1. The van der Waals surface area contributed by atoms with Crippen molar-refractivity contribution < 1.29 is 28.7 Å². The van der Waals surface area contributed by atoms with E-state index in [9.17, 15) is 19.2 Å². The zero-order valence-corrected chi connectivity index (χ0v) is 23.8. The molecule has 0 aromatic heterocycles. The van der Waals surface area contributed by atoms with Crippen LogP contribution in [0.5, 0.6) is 0 Å². The Morgan fingerprint density at radius 1 is 0.707 bits per heavy atom. The van der Waals surface area contributed by atoms with Gasteiger partial charge in [-0.3, -0.25) is 20.2 Å². The van der Waals surface area contributed by atoms with Gasteiger partial charge in [0.2, 0.25) is 11.1 Å². The minimum atomic E-state index is -0.580. The molecule has 2 aromatic rings. The van der Waals surface area contributed by atoms with E-state index >= 15 is 0 Å². The molecule has 0 bridgehead atoms. The van der Waals surface area contributed by atoms with Crippen LogP contribution in [-0.2, 0) is 19.1 Å². The molecular formula is C30H45ClN4O6. The van der Waals surface area contributed by atoms with E-state index < -0.39 is 28.6 Å². The number of ether oxygens (including phenoxy) is 2. The lowest BCUT2D eigenvalue weighted by molar-refractivity contribution is -0.112. The SMILES string of the molecule is C.C.C=CC(=O)Cl.C=CC(=O)Nc1ccccc1NC(=O)OC(C)(C)C.CC(C)(C)OC(=O)Nc1ccccc1N. The monoisotopic (exact) mass is 592 g/mol. The highest BCUT2D eigenvalue weighted by molar-refractivity contribution is 6.66.